The average Bonchev–Trinajstić information content (AvgIpc) is 2.79. The number of benzene rings is 1. The highest BCUT2D eigenvalue weighted by molar-refractivity contribution is 5.68. The van der Waals surface area contributed by atoms with Crippen LogP contribution in [0.4, 0.5) is 18.4 Å². The van der Waals surface area contributed by atoms with Gasteiger partial charge in [0.2, 0.25) is 0 Å². The average molecular weight is 529 g/mol. The standard InChI is InChI=1S/C17H24FNO3.C10H18FNO3/c1-17(2,3)22-16(20)19-10-9-15(14(18)11-19)21-12-13-7-5-4-6-8-13;1-10(2,3)15-9(14)12-5-4-8(13)7(11)6-12/h4-8,14-15H,9-12H2,1-3H3;7-8,13H,4-6H2,1-3H3. The van der Waals surface area contributed by atoms with Crippen molar-refractivity contribution in [1.82, 2.24) is 9.80 Å². The molecule has 1 aromatic carbocycles. The number of aliphatic hydroxyl groups excluding tert-OH is 1. The summed E-state index contributed by atoms with van der Waals surface area (Å²) >= 11 is 0. The Labute approximate surface area is 218 Å². The van der Waals surface area contributed by atoms with Crippen molar-refractivity contribution >= 4 is 12.2 Å². The lowest BCUT2D eigenvalue weighted by molar-refractivity contribution is -0.0580. The molecule has 0 saturated carbocycles. The van der Waals surface area contributed by atoms with Gasteiger partial charge in [0, 0.05) is 13.1 Å². The number of aliphatic hydroxyl groups is 1. The van der Waals surface area contributed by atoms with Gasteiger partial charge in [-0.15, -0.1) is 0 Å². The Hall–Kier alpha value is -2.46. The van der Waals surface area contributed by atoms with Crippen molar-refractivity contribution in [2.75, 3.05) is 26.2 Å². The third-order valence-electron chi connectivity index (χ3n) is 5.60. The van der Waals surface area contributed by atoms with E-state index in [0.717, 1.165) is 5.56 Å². The van der Waals surface area contributed by atoms with Crippen molar-refractivity contribution < 1.29 is 37.7 Å². The summed E-state index contributed by atoms with van der Waals surface area (Å²) in [5.74, 6) is 0. The number of piperidine rings is 2. The van der Waals surface area contributed by atoms with Gasteiger partial charge in [0.25, 0.3) is 0 Å². The molecule has 4 unspecified atom stereocenters. The van der Waals surface area contributed by atoms with Crippen LogP contribution in [0.25, 0.3) is 0 Å². The predicted octanol–water partition coefficient (Wildman–Crippen LogP) is 4.88. The maximum Gasteiger partial charge on any atom is 0.410 e. The summed E-state index contributed by atoms with van der Waals surface area (Å²) < 4.78 is 43.4. The molecule has 2 fully saturated rings. The Morgan fingerprint density at radius 1 is 0.865 bits per heavy atom. The highest BCUT2D eigenvalue weighted by Gasteiger charge is 2.34. The molecule has 37 heavy (non-hydrogen) atoms. The quantitative estimate of drug-likeness (QED) is 0.602. The zero-order chi connectivity index (χ0) is 27.8. The molecule has 2 aliphatic heterocycles. The number of hydrogen-bond donors (Lipinski definition) is 1. The maximum atomic E-state index is 14.2. The van der Waals surface area contributed by atoms with Crippen LogP contribution in [0.15, 0.2) is 30.3 Å². The van der Waals surface area contributed by atoms with E-state index in [9.17, 15) is 18.4 Å². The molecule has 0 aromatic heterocycles. The van der Waals surface area contributed by atoms with E-state index in [1.165, 1.54) is 9.80 Å². The van der Waals surface area contributed by atoms with Crippen LogP contribution < -0.4 is 0 Å². The molecular formula is C27H42F2N2O6. The Morgan fingerprint density at radius 3 is 1.81 bits per heavy atom. The Bertz CT molecular complexity index is 859. The fourth-order valence-corrected chi connectivity index (χ4v) is 3.73. The molecule has 1 N–H and O–H groups in total. The first-order valence-corrected chi connectivity index (χ1v) is 12.7. The molecule has 2 heterocycles. The van der Waals surface area contributed by atoms with Gasteiger partial charge in [-0.05, 0) is 59.9 Å². The Morgan fingerprint density at radius 2 is 1.35 bits per heavy atom. The first-order valence-electron chi connectivity index (χ1n) is 12.7. The molecule has 0 spiro atoms. The minimum absolute atomic E-state index is 0.0222. The fourth-order valence-electron chi connectivity index (χ4n) is 3.73. The van der Waals surface area contributed by atoms with Gasteiger partial charge >= 0.3 is 12.2 Å². The van der Waals surface area contributed by atoms with E-state index in [1.807, 2.05) is 30.3 Å². The summed E-state index contributed by atoms with van der Waals surface area (Å²) in [6, 6.07) is 9.68. The van der Waals surface area contributed by atoms with Crippen LogP contribution in [-0.2, 0) is 20.8 Å². The number of hydrogen-bond acceptors (Lipinski definition) is 6. The van der Waals surface area contributed by atoms with E-state index in [4.69, 9.17) is 19.3 Å². The number of carbonyl (C=O) groups excluding carboxylic acids is 2. The smallest absolute Gasteiger partial charge is 0.410 e. The van der Waals surface area contributed by atoms with Crippen molar-refractivity contribution in [3.05, 3.63) is 35.9 Å². The number of likely N-dealkylation sites (tertiary alicyclic amines) is 2. The second-order valence-corrected chi connectivity index (χ2v) is 11.4. The SMILES string of the molecule is CC(C)(C)OC(=O)N1CCC(O)C(F)C1.CC(C)(C)OC(=O)N1CCC(OCc2ccccc2)C(F)C1. The van der Waals surface area contributed by atoms with Crippen LogP contribution in [0.2, 0.25) is 0 Å². The summed E-state index contributed by atoms with van der Waals surface area (Å²) in [5, 5.41) is 9.16. The van der Waals surface area contributed by atoms with Crippen molar-refractivity contribution in [3.8, 4) is 0 Å². The molecule has 2 saturated heterocycles. The maximum absolute atomic E-state index is 14.2. The van der Waals surface area contributed by atoms with Crippen LogP contribution in [0.5, 0.6) is 0 Å². The molecular weight excluding hydrogens is 486 g/mol. The van der Waals surface area contributed by atoms with E-state index >= 15 is 0 Å². The third-order valence-corrected chi connectivity index (χ3v) is 5.60. The van der Waals surface area contributed by atoms with Crippen molar-refractivity contribution in [2.24, 2.45) is 0 Å². The molecule has 0 bridgehead atoms. The lowest BCUT2D eigenvalue weighted by Crippen LogP contribution is -2.49. The van der Waals surface area contributed by atoms with Crippen molar-refractivity contribution in [1.29, 1.82) is 0 Å². The first-order chi connectivity index (χ1) is 17.1. The second kappa shape index (κ2) is 13.4. The van der Waals surface area contributed by atoms with Crippen LogP contribution in [-0.4, -0.2) is 89.0 Å². The van der Waals surface area contributed by atoms with Gasteiger partial charge in [-0.2, -0.15) is 0 Å². The summed E-state index contributed by atoms with van der Waals surface area (Å²) in [5.41, 5.74) is -0.119. The third kappa shape index (κ3) is 11.2. The molecule has 1 aromatic rings. The van der Waals surface area contributed by atoms with Crippen LogP contribution in [0.3, 0.4) is 0 Å². The monoisotopic (exact) mass is 528 g/mol. The minimum atomic E-state index is -1.37. The highest BCUT2D eigenvalue weighted by Crippen LogP contribution is 2.21. The number of rotatable bonds is 3. The molecule has 210 valence electrons. The van der Waals surface area contributed by atoms with Crippen LogP contribution in [0, 0.1) is 0 Å². The topological polar surface area (TPSA) is 88.5 Å². The lowest BCUT2D eigenvalue weighted by atomic mass is 10.1. The van der Waals surface area contributed by atoms with Gasteiger partial charge in [0.05, 0.1) is 31.9 Å². The van der Waals surface area contributed by atoms with Gasteiger partial charge in [0.15, 0.2) is 0 Å². The van der Waals surface area contributed by atoms with Gasteiger partial charge in [-0.25, -0.2) is 18.4 Å². The molecule has 2 aliphatic rings. The number of ether oxygens (including phenoxy) is 3. The molecule has 0 radical (unpaired) electrons. The van der Waals surface area contributed by atoms with Gasteiger partial charge < -0.3 is 29.1 Å². The highest BCUT2D eigenvalue weighted by atomic mass is 19.1. The second-order valence-electron chi connectivity index (χ2n) is 11.4. The van der Waals surface area contributed by atoms with E-state index in [0.29, 0.717) is 26.1 Å². The van der Waals surface area contributed by atoms with E-state index in [1.54, 1.807) is 41.5 Å². The summed E-state index contributed by atoms with van der Waals surface area (Å²) in [6.45, 7) is 11.8. The largest absolute Gasteiger partial charge is 0.444 e. The van der Waals surface area contributed by atoms with Crippen molar-refractivity contribution in [3.63, 3.8) is 0 Å². The van der Waals surface area contributed by atoms with Gasteiger partial charge in [0.1, 0.15) is 23.5 Å². The number of carbonyl (C=O) groups is 2. The zero-order valence-corrected chi connectivity index (χ0v) is 22.8. The van der Waals surface area contributed by atoms with Crippen LogP contribution >= 0.6 is 0 Å². The first kappa shape index (κ1) is 30.8. The van der Waals surface area contributed by atoms with Crippen LogP contribution in [0.1, 0.15) is 59.9 Å². The van der Waals surface area contributed by atoms with E-state index in [-0.39, 0.29) is 19.5 Å². The Balaban J connectivity index is 0.000000281. The molecule has 4 atom stereocenters. The fraction of sp³-hybridized carbons (Fsp3) is 0.704. The summed E-state index contributed by atoms with van der Waals surface area (Å²) in [6.07, 6.45) is -4.22. The summed E-state index contributed by atoms with van der Waals surface area (Å²) in [7, 11) is 0. The zero-order valence-electron chi connectivity index (χ0n) is 22.8. The van der Waals surface area contributed by atoms with E-state index < -0.39 is 47.9 Å². The summed E-state index contributed by atoms with van der Waals surface area (Å²) in [4.78, 5) is 26.2. The van der Waals surface area contributed by atoms with E-state index in [2.05, 4.69) is 0 Å². The lowest BCUT2D eigenvalue weighted by Gasteiger charge is -2.35. The normalized spacial score (nSPS) is 24.6. The van der Waals surface area contributed by atoms with Crippen molar-refractivity contribution in [2.45, 2.75) is 96.7 Å². The van der Waals surface area contributed by atoms with Gasteiger partial charge in [-0.3, -0.25) is 0 Å². The molecule has 0 aliphatic carbocycles. The Kier molecular flexibility index (Phi) is 11.1. The number of alkyl halides is 2. The molecule has 10 heteroatoms. The number of amides is 2. The van der Waals surface area contributed by atoms with Gasteiger partial charge in [-0.1, -0.05) is 30.3 Å². The number of halogens is 2. The number of nitrogens with zero attached hydrogens (tertiary/aromatic N) is 2. The molecule has 8 nitrogen and oxygen atoms in total. The molecule has 3 rings (SSSR count). The molecule has 2 amide bonds. The minimum Gasteiger partial charge on any atom is -0.444 e. The predicted molar refractivity (Wildman–Crippen MR) is 136 cm³/mol.